The molecule has 0 bridgehead atoms. The number of carbonyl (C=O) groups excluding carboxylic acids is 1. The van der Waals surface area contributed by atoms with Gasteiger partial charge in [0.05, 0.1) is 33.2 Å². The van der Waals surface area contributed by atoms with E-state index in [1.54, 1.807) is 17.5 Å². The SMILES string of the molecule is CC1CN(NC(=O)c2scc(C#N)c2Cc2ccc(Cl)c(Cl)c2)CCO1. The fourth-order valence-electron chi connectivity index (χ4n) is 2.81. The molecule has 8 heteroatoms. The third-order valence-corrected chi connectivity index (χ3v) is 5.85. The molecule has 0 spiro atoms. The van der Waals surface area contributed by atoms with E-state index in [0.717, 1.165) is 5.56 Å². The summed E-state index contributed by atoms with van der Waals surface area (Å²) in [6.07, 6.45) is 0.503. The lowest BCUT2D eigenvalue weighted by Crippen LogP contribution is -2.50. The Morgan fingerprint density at radius 2 is 2.27 bits per heavy atom. The smallest absolute Gasteiger partial charge is 0.275 e. The number of thiophene rings is 1. The molecule has 2 aromatic rings. The number of nitrogens with zero attached hydrogens (tertiary/aromatic N) is 2. The van der Waals surface area contributed by atoms with Crippen molar-refractivity contribution in [3.05, 3.63) is 55.2 Å². The van der Waals surface area contributed by atoms with Crippen molar-refractivity contribution in [2.24, 2.45) is 0 Å². The minimum absolute atomic E-state index is 0.0673. The van der Waals surface area contributed by atoms with E-state index in [9.17, 15) is 10.1 Å². The molecule has 136 valence electrons. The summed E-state index contributed by atoms with van der Waals surface area (Å²) in [5.74, 6) is -0.208. The highest BCUT2D eigenvalue weighted by Gasteiger charge is 2.23. The first-order chi connectivity index (χ1) is 12.5. The summed E-state index contributed by atoms with van der Waals surface area (Å²) in [7, 11) is 0. The Bertz CT molecular complexity index is 863. The van der Waals surface area contributed by atoms with Gasteiger partial charge in [-0.15, -0.1) is 11.3 Å². The molecule has 3 rings (SSSR count). The van der Waals surface area contributed by atoms with Crippen LogP contribution in [0.5, 0.6) is 0 Å². The second-order valence-electron chi connectivity index (χ2n) is 6.06. The van der Waals surface area contributed by atoms with Crippen LogP contribution in [-0.2, 0) is 11.2 Å². The molecule has 1 amide bonds. The number of carbonyl (C=O) groups is 1. The Morgan fingerprint density at radius 1 is 1.46 bits per heavy atom. The molecule has 1 aromatic carbocycles. The Kier molecular flexibility index (Phi) is 6.17. The predicted octanol–water partition coefficient (Wildman–Crippen LogP) is 3.88. The summed E-state index contributed by atoms with van der Waals surface area (Å²) in [6.45, 7) is 3.80. The maximum Gasteiger partial charge on any atom is 0.275 e. The number of ether oxygens (including phenoxy) is 1. The first-order valence-electron chi connectivity index (χ1n) is 8.10. The predicted molar refractivity (Wildman–Crippen MR) is 103 cm³/mol. The van der Waals surface area contributed by atoms with Crippen LogP contribution in [0.15, 0.2) is 23.6 Å². The van der Waals surface area contributed by atoms with Crippen LogP contribution in [0, 0.1) is 11.3 Å². The summed E-state index contributed by atoms with van der Waals surface area (Å²) < 4.78 is 5.48. The molecule has 1 N–H and O–H groups in total. The summed E-state index contributed by atoms with van der Waals surface area (Å²) in [6, 6.07) is 7.48. The topological polar surface area (TPSA) is 65.4 Å². The number of rotatable bonds is 4. The zero-order chi connectivity index (χ0) is 18.7. The van der Waals surface area contributed by atoms with Crippen LogP contribution in [-0.4, -0.2) is 36.7 Å². The number of hydrazine groups is 1. The molecule has 1 fully saturated rings. The third-order valence-electron chi connectivity index (χ3n) is 4.09. The lowest BCUT2D eigenvalue weighted by Gasteiger charge is -2.31. The molecule has 1 aliphatic rings. The maximum atomic E-state index is 12.7. The minimum Gasteiger partial charge on any atom is -0.376 e. The second-order valence-corrected chi connectivity index (χ2v) is 7.76. The Morgan fingerprint density at radius 3 is 2.96 bits per heavy atom. The monoisotopic (exact) mass is 409 g/mol. The number of nitriles is 1. The lowest BCUT2D eigenvalue weighted by molar-refractivity contribution is -0.0342. The van der Waals surface area contributed by atoms with Crippen LogP contribution in [0.1, 0.15) is 33.3 Å². The van der Waals surface area contributed by atoms with Crippen molar-refractivity contribution in [3.8, 4) is 6.07 Å². The van der Waals surface area contributed by atoms with Gasteiger partial charge in [-0.1, -0.05) is 29.3 Å². The fraction of sp³-hybridized carbons (Fsp3) is 0.333. The number of nitrogens with one attached hydrogen (secondary N) is 1. The van der Waals surface area contributed by atoms with Crippen molar-refractivity contribution in [2.45, 2.75) is 19.4 Å². The maximum absolute atomic E-state index is 12.7. The molecule has 1 aromatic heterocycles. The van der Waals surface area contributed by atoms with Gasteiger partial charge in [0.1, 0.15) is 6.07 Å². The van der Waals surface area contributed by atoms with Crippen molar-refractivity contribution in [2.75, 3.05) is 19.7 Å². The molecule has 5 nitrogen and oxygen atoms in total. The normalized spacial score (nSPS) is 17.7. The zero-order valence-corrected chi connectivity index (χ0v) is 16.4. The summed E-state index contributed by atoms with van der Waals surface area (Å²) >= 11 is 13.3. The van der Waals surface area contributed by atoms with E-state index in [4.69, 9.17) is 27.9 Å². The van der Waals surface area contributed by atoms with Gasteiger partial charge < -0.3 is 4.74 Å². The first kappa shape index (κ1) is 19.2. The van der Waals surface area contributed by atoms with Crippen LogP contribution in [0.25, 0.3) is 0 Å². The first-order valence-corrected chi connectivity index (χ1v) is 9.73. The molecule has 0 aliphatic carbocycles. The van der Waals surface area contributed by atoms with E-state index in [-0.39, 0.29) is 12.0 Å². The fourth-order valence-corrected chi connectivity index (χ4v) is 4.04. The Balaban J connectivity index is 1.81. The van der Waals surface area contributed by atoms with Crippen molar-refractivity contribution < 1.29 is 9.53 Å². The van der Waals surface area contributed by atoms with Gasteiger partial charge >= 0.3 is 0 Å². The number of hydrogen-bond donors (Lipinski definition) is 1. The number of benzene rings is 1. The molecule has 1 unspecified atom stereocenters. The van der Waals surface area contributed by atoms with Crippen LogP contribution >= 0.6 is 34.5 Å². The van der Waals surface area contributed by atoms with E-state index in [1.807, 2.05) is 18.0 Å². The molecular formula is C18H17Cl2N3O2S. The van der Waals surface area contributed by atoms with E-state index in [2.05, 4.69) is 11.5 Å². The van der Waals surface area contributed by atoms with Gasteiger partial charge in [0.2, 0.25) is 0 Å². The highest BCUT2D eigenvalue weighted by Crippen LogP contribution is 2.28. The van der Waals surface area contributed by atoms with E-state index >= 15 is 0 Å². The summed E-state index contributed by atoms with van der Waals surface area (Å²) in [4.78, 5) is 13.3. The van der Waals surface area contributed by atoms with E-state index in [0.29, 0.717) is 52.2 Å². The molecule has 26 heavy (non-hydrogen) atoms. The minimum atomic E-state index is -0.208. The van der Waals surface area contributed by atoms with Gasteiger partial charge in [-0.25, -0.2) is 5.01 Å². The number of morpholine rings is 1. The van der Waals surface area contributed by atoms with Gasteiger partial charge in [0.15, 0.2) is 0 Å². The zero-order valence-electron chi connectivity index (χ0n) is 14.1. The molecule has 1 atom stereocenters. The van der Waals surface area contributed by atoms with Gasteiger partial charge in [-0.3, -0.25) is 10.2 Å². The second kappa shape index (κ2) is 8.38. The standard InChI is InChI=1S/C18H17Cl2N3O2S/c1-11-9-23(4-5-25-11)22-18(24)17-14(13(8-21)10-26-17)6-12-2-3-15(19)16(20)7-12/h2-3,7,10-11H,4-6,9H2,1H3,(H,22,24). The van der Waals surface area contributed by atoms with Gasteiger partial charge in [0.25, 0.3) is 5.91 Å². The molecule has 1 aliphatic heterocycles. The molecular weight excluding hydrogens is 393 g/mol. The van der Waals surface area contributed by atoms with E-state index < -0.39 is 0 Å². The summed E-state index contributed by atoms with van der Waals surface area (Å²) in [5.41, 5.74) is 5.01. The van der Waals surface area contributed by atoms with Crippen molar-refractivity contribution >= 4 is 40.4 Å². The quantitative estimate of drug-likeness (QED) is 0.831. The van der Waals surface area contributed by atoms with E-state index in [1.165, 1.54) is 11.3 Å². The number of halogens is 2. The van der Waals surface area contributed by atoms with Crippen molar-refractivity contribution in [3.63, 3.8) is 0 Å². The van der Waals surface area contributed by atoms with Gasteiger partial charge in [0, 0.05) is 24.9 Å². The highest BCUT2D eigenvalue weighted by molar-refractivity contribution is 7.12. The average Bonchev–Trinajstić information content (AvgIpc) is 3.01. The Hall–Kier alpha value is -1.62. The summed E-state index contributed by atoms with van der Waals surface area (Å²) in [5, 5.41) is 13.9. The van der Waals surface area contributed by atoms with Crippen molar-refractivity contribution in [1.82, 2.24) is 10.4 Å². The average molecular weight is 410 g/mol. The molecule has 0 radical (unpaired) electrons. The third kappa shape index (κ3) is 4.37. The molecule has 2 heterocycles. The number of amides is 1. The molecule has 1 saturated heterocycles. The van der Waals surface area contributed by atoms with Gasteiger partial charge in [-0.05, 0) is 30.2 Å². The van der Waals surface area contributed by atoms with Gasteiger partial charge in [-0.2, -0.15) is 5.26 Å². The van der Waals surface area contributed by atoms with Crippen LogP contribution in [0.3, 0.4) is 0 Å². The van der Waals surface area contributed by atoms with Crippen LogP contribution in [0.4, 0.5) is 0 Å². The Labute approximate surface area is 166 Å². The number of hydrogen-bond acceptors (Lipinski definition) is 5. The highest BCUT2D eigenvalue weighted by atomic mass is 35.5. The van der Waals surface area contributed by atoms with Crippen LogP contribution < -0.4 is 5.43 Å². The largest absolute Gasteiger partial charge is 0.376 e. The van der Waals surface area contributed by atoms with Crippen LogP contribution in [0.2, 0.25) is 10.0 Å². The lowest BCUT2D eigenvalue weighted by atomic mass is 10.0. The molecule has 0 saturated carbocycles. The van der Waals surface area contributed by atoms with Crippen molar-refractivity contribution in [1.29, 1.82) is 5.26 Å².